The first kappa shape index (κ1) is 15.0. The Hall–Kier alpha value is -1.39. The van der Waals surface area contributed by atoms with E-state index in [2.05, 4.69) is 41.4 Å². The zero-order valence-electron chi connectivity index (χ0n) is 12.5. The van der Waals surface area contributed by atoms with Gasteiger partial charge in [0.2, 0.25) is 5.91 Å². The minimum atomic E-state index is -0.384. The largest absolute Gasteiger partial charge is 0.372 e. The predicted octanol–water partition coefficient (Wildman–Crippen LogP) is 1.66. The van der Waals surface area contributed by atoms with Crippen LogP contribution in [0.15, 0.2) is 30.3 Å². The van der Waals surface area contributed by atoms with Crippen LogP contribution in [0.4, 0.5) is 0 Å². The Balaban J connectivity index is 1.87. The molecule has 4 nitrogen and oxygen atoms in total. The summed E-state index contributed by atoms with van der Waals surface area (Å²) in [6.07, 6.45) is -0.384. The molecule has 0 aromatic heterocycles. The lowest BCUT2D eigenvalue weighted by atomic mass is 10.1. The molecule has 2 rings (SSSR count). The molecule has 1 saturated heterocycles. The second-order valence-electron chi connectivity index (χ2n) is 5.65. The number of hydrogen-bond donors (Lipinski definition) is 1. The van der Waals surface area contributed by atoms with Crippen molar-refractivity contribution in [3.05, 3.63) is 35.9 Å². The third-order valence-corrected chi connectivity index (χ3v) is 3.99. The number of ether oxygens (including phenoxy) is 1. The van der Waals surface area contributed by atoms with Crippen LogP contribution in [0.5, 0.6) is 0 Å². The van der Waals surface area contributed by atoms with Gasteiger partial charge < -0.3 is 10.1 Å². The number of carbonyl (C=O) groups excluding carboxylic acids is 1. The zero-order chi connectivity index (χ0) is 14.5. The molecule has 0 aliphatic carbocycles. The third-order valence-electron chi connectivity index (χ3n) is 3.99. The number of benzene rings is 1. The first-order chi connectivity index (χ1) is 9.60. The van der Waals surface area contributed by atoms with E-state index >= 15 is 0 Å². The summed E-state index contributed by atoms with van der Waals surface area (Å²) in [6.45, 7) is 6.82. The van der Waals surface area contributed by atoms with E-state index < -0.39 is 0 Å². The molecule has 1 fully saturated rings. The van der Waals surface area contributed by atoms with Crippen molar-refractivity contribution in [2.75, 3.05) is 20.2 Å². The number of hydrogen-bond acceptors (Lipinski definition) is 3. The highest BCUT2D eigenvalue weighted by atomic mass is 16.5. The van der Waals surface area contributed by atoms with Crippen LogP contribution in [0, 0.1) is 5.92 Å². The zero-order valence-corrected chi connectivity index (χ0v) is 12.5. The van der Waals surface area contributed by atoms with Gasteiger partial charge in [-0.25, -0.2) is 0 Å². The van der Waals surface area contributed by atoms with E-state index in [1.54, 1.807) is 14.0 Å². The molecule has 0 unspecified atom stereocenters. The molecule has 0 radical (unpaired) electrons. The van der Waals surface area contributed by atoms with Crippen molar-refractivity contribution < 1.29 is 9.53 Å². The average Bonchev–Trinajstić information content (AvgIpc) is 2.78. The van der Waals surface area contributed by atoms with Crippen LogP contribution in [0.2, 0.25) is 0 Å². The predicted molar refractivity (Wildman–Crippen MR) is 79.3 cm³/mol. The van der Waals surface area contributed by atoms with Crippen LogP contribution < -0.4 is 5.32 Å². The molecular weight excluding hydrogens is 252 g/mol. The first-order valence-corrected chi connectivity index (χ1v) is 7.19. The van der Waals surface area contributed by atoms with Crippen LogP contribution in [0.25, 0.3) is 0 Å². The molecule has 0 spiro atoms. The maximum Gasteiger partial charge on any atom is 0.249 e. The van der Waals surface area contributed by atoms with Gasteiger partial charge in [-0.2, -0.15) is 0 Å². The highest BCUT2D eigenvalue weighted by Crippen LogP contribution is 2.19. The molecule has 4 heteroatoms. The summed E-state index contributed by atoms with van der Waals surface area (Å²) >= 11 is 0. The second-order valence-corrected chi connectivity index (χ2v) is 5.65. The standard InChI is InChI=1S/C16H24N2O2/c1-12-9-18(10-14-7-5-4-6-8-14)11-15(12)17-16(19)13(2)20-3/h4-8,12-13,15H,9-11H2,1-3H3,(H,17,19)/t12-,13+,15+/m0/s1. The van der Waals surface area contributed by atoms with Crippen LogP contribution in [0.3, 0.4) is 0 Å². The van der Waals surface area contributed by atoms with Gasteiger partial charge in [-0.15, -0.1) is 0 Å². The van der Waals surface area contributed by atoms with Gasteiger partial charge in [0.05, 0.1) is 0 Å². The van der Waals surface area contributed by atoms with E-state index in [0.29, 0.717) is 5.92 Å². The van der Waals surface area contributed by atoms with Crippen molar-refractivity contribution in [1.82, 2.24) is 10.2 Å². The van der Waals surface area contributed by atoms with Gasteiger partial charge >= 0.3 is 0 Å². The Morgan fingerprint density at radius 2 is 2.10 bits per heavy atom. The highest BCUT2D eigenvalue weighted by molar-refractivity contribution is 5.80. The number of likely N-dealkylation sites (tertiary alicyclic amines) is 1. The molecule has 20 heavy (non-hydrogen) atoms. The van der Waals surface area contributed by atoms with E-state index in [4.69, 9.17) is 4.74 Å². The van der Waals surface area contributed by atoms with Gasteiger partial charge in [-0.3, -0.25) is 9.69 Å². The van der Waals surface area contributed by atoms with Crippen LogP contribution >= 0.6 is 0 Å². The minimum absolute atomic E-state index is 0.0223. The number of nitrogens with zero attached hydrogens (tertiary/aromatic N) is 1. The molecule has 1 aliphatic rings. The number of methoxy groups -OCH3 is 1. The van der Waals surface area contributed by atoms with E-state index in [0.717, 1.165) is 19.6 Å². The fourth-order valence-electron chi connectivity index (χ4n) is 2.63. The van der Waals surface area contributed by atoms with E-state index in [-0.39, 0.29) is 18.1 Å². The van der Waals surface area contributed by atoms with Crippen molar-refractivity contribution in [2.45, 2.75) is 32.5 Å². The van der Waals surface area contributed by atoms with Crippen molar-refractivity contribution in [1.29, 1.82) is 0 Å². The molecule has 110 valence electrons. The van der Waals surface area contributed by atoms with Gasteiger partial charge in [-0.05, 0) is 18.4 Å². The lowest BCUT2D eigenvalue weighted by Crippen LogP contribution is -2.44. The van der Waals surface area contributed by atoms with Gasteiger partial charge in [0.25, 0.3) is 0 Å². The molecule has 1 amide bonds. The van der Waals surface area contributed by atoms with Crippen LogP contribution in [-0.2, 0) is 16.1 Å². The molecule has 0 saturated carbocycles. The average molecular weight is 276 g/mol. The summed E-state index contributed by atoms with van der Waals surface area (Å²) in [4.78, 5) is 14.3. The van der Waals surface area contributed by atoms with Gasteiger partial charge in [0, 0.05) is 32.8 Å². The quantitative estimate of drug-likeness (QED) is 0.889. The van der Waals surface area contributed by atoms with E-state index in [1.165, 1.54) is 5.56 Å². The van der Waals surface area contributed by atoms with Crippen molar-refractivity contribution in [2.24, 2.45) is 5.92 Å². The molecule has 1 aliphatic heterocycles. The smallest absolute Gasteiger partial charge is 0.249 e. The maximum atomic E-state index is 11.9. The number of amides is 1. The third kappa shape index (κ3) is 3.81. The minimum Gasteiger partial charge on any atom is -0.372 e. The Morgan fingerprint density at radius 3 is 2.75 bits per heavy atom. The molecule has 0 bridgehead atoms. The SMILES string of the molecule is CO[C@H](C)C(=O)N[C@@H]1CN(Cc2ccccc2)C[C@@H]1C. The summed E-state index contributed by atoms with van der Waals surface area (Å²) in [6, 6.07) is 10.7. The van der Waals surface area contributed by atoms with Crippen molar-refractivity contribution in [3.8, 4) is 0 Å². The monoisotopic (exact) mass is 276 g/mol. The second kappa shape index (κ2) is 6.86. The van der Waals surface area contributed by atoms with Crippen molar-refractivity contribution in [3.63, 3.8) is 0 Å². The summed E-state index contributed by atoms with van der Waals surface area (Å²) in [7, 11) is 1.56. The van der Waals surface area contributed by atoms with Crippen LogP contribution in [-0.4, -0.2) is 43.2 Å². The number of nitrogens with one attached hydrogen (secondary N) is 1. The van der Waals surface area contributed by atoms with Gasteiger partial charge in [0.15, 0.2) is 0 Å². The summed E-state index contributed by atoms with van der Waals surface area (Å²) in [5, 5.41) is 3.09. The summed E-state index contributed by atoms with van der Waals surface area (Å²) < 4.78 is 5.05. The Bertz CT molecular complexity index is 435. The molecule has 1 heterocycles. The lowest BCUT2D eigenvalue weighted by Gasteiger charge is -2.19. The van der Waals surface area contributed by atoms with E-state index in [1.807, 2.05) is 6.07 Å². The van der Waals surface area contributed by atoms with Crippen LogP contribution in [0.1, 0.15) is 19.4 Å². The fraction of sp³-hybridized carbons (Fsp3) is 0.562. The summed E-state index contributed by atoms with van der Waals surface area (Å²) in [5.41, 5.74) is 1.32. The molecule has 3 atom stereocenters. The number of carbonyl (C=O) groups is 1. The van der Waals surface area contributed by atoms with Gasteiger partial charge in [0.1, 0.15) is 6.10 Å². The molecule has 1 aromatic carbocycles. The van der Waals surface area contributed by atoms with Crippen molar-refractivity contribution >= 4 is 5.91 Å². The lowest BCUT2D eigenvalue weighted by molar-refractivity contribution is -0.130. The molecule has 1 aromatic rings. The molecule has 1 N–H and O–H groups in total. The van der Waals surface area contributed by atoms with E-state index in [9.17, 15) is 4.79 Å². The first-order valence-electron chi connectivity index (χ1n) is 7.19. The summed E-state index contributed by atoms with van der Waals surface area (Å²) in [5.74, 6) is 0.442. The Morgan fingerprint density at radius 1 is 1.40 bits per heavy atom. The maximum absolute atomic E-state index is 11.9. The topological polar surface area (TPSA) is 41.6 Å². The van der Waals surface area contributed by atoms with Gasteiger partial charge in [-0.1, -0.05) is 37.3 Å². The fourth-order valence-corrected chi connectivity index (χ4v) is 2.63. The molecular formula is C16H24N2O2. The Labute approximate surface area is 121 Å². The normalized spacial score (nSPS) is 24.6. The highest BCUT2D eigenvalue weighted by Gasteiger charge is 2.31. The Kier molecular flexibility index (Phi) is 5.15. The number of rotatable bonds is 5.